The molecular formula is C25H43FO3. The molecule has 0 heterocycles. The Morgan fingerprint density at radius 2 is 1.17 bits per heavy atom. The molecule has 1 aromatic carbocycles. The van der Waals surface area contributed by atoms with Gasteiger partial charge in [0.2, 0.25) is 0 Å². The maximum absolute atomic E-state index is 13.6. The third-order valence-electron chi connectivity index (χ3n) is 5.07. The standard InChI is InChI=1S/C25H43FO3/c1-5-9-10-11-12-13-14-24(22-15-17-23(26)18-16-22)25(27-19-6-2,28-20-7-3)29-21-8-4/h15-18,24H,5-14,19-21H2,1-4H3. The Bertz CT molecular complexity index is 482. The van der Waals surface area contributed by atoms with Crippen LogP contribution < -0.4 is 0 Å². The van der Waals surface area contributed by atoms with E-state index in [1.807, 2.05) is 12.1 Å². The number of halogens is 1. The first kappa shape index (κ1) is 26.1. The normalized spacial score (nSPS) is 13.0. The average Bonchev–Trinajstić information content (AvgIpc) is 2.74. The molecule has 0 saturated carbocycles. The van der Waals surface area contributed by atoms with Gasteiger partial charge in [0, 0.05) is 0 Å². The van der Waals surface area contributed by atoms with Crippen molar-refractivity contribution in [3.63, 3.8) is 0 Å². The molecule has 168 valence electrons. The van der Waals surface area contributed by atoms with Crippen LogP contribution >= 0.6 is 0 Å². The van der Waals surface area contributed by atoms with Crippen molar-refractivity contribution in [2.24, 2.45) is 0 Å². The highest BCUT2D eigenvalue weighted by Crippen LogP contribution is 2.39. The summed E-state index contributed by atoms with van der Waals surface area (Å²) >= 11 is 0. The zero-order valence-corrected chi connectivity index (χ0v) is 19.2. The third kappa shape index (κ3) is 9.59. The minimum atomic E-state index is -1.11. The van der Waals surface area contributed by atoms with Crippen molar-refractivity contribution < 1.29 is 18.6 Å². The van der Waals surface area contributed by atoms with E-state index in [1.165, 1.54) is 44.2 Å². The van der Waals surface area contributed by atoms with E-state index in [2.05, 4.69) is 27.7 Å². The van der Waals surface area contributed by atoms with Gasteiger partial charge in [-0.2, -0.15) is 0 Å². The summed E-state index contributed by atoms with van der Waals surface area (Å²) in [5.74, 6) is -1.42. The van der Waals surface area contributed by atoms with Crippen LogP contribution in [0.15, 0.2) is 24.3 Å². The van der Waals surface area contributed by atoms with Crippen LogP contribution in [0.5, 0.6) is 0 Å². The van der Waals surface area contributed by atoms with Gasteiger partial charge in [0.05, 0.1) is 25.7 Å². The minimum absolute atomic E-state index is 0.0843. The van der Waals surface area contributed by atoms with E-state index >= 15 is 0 Å². The van der Waals surface area contributed by atoms with Crippen molar-refractivity contribution in [1.29, 1.82) is 0 Å². The highest BCUT2D eigenvalue weighted by atomic mass is 19.1. The van der Waals surface area contributed by atoms with Crippen LogP contribution in [0.1, 0.15) is 103 Å². The molecule has 1 unspecified atom stereocenters. The Morgan fingerprint density at radius 1 is 0.690 bits per heavy atom. The molecule has 1 aromatic rings. The number of hydrogen-bond donors (Lipinski definition) is 0. The fraction of sp³-hybridized carbons (Fsp3) is 0.760. The summed E-state index contributed by atoms with van der Waals surface area (Å²) in [6, 6.07) is 6.75. The van der Waals surface area contributed by atoms with Gasteiger partial charge in [0.25, 0.3) is 5.97 Å². The number of benzene rings is 1. The Morgan fingerprint density at radius 3 is 1.66 bits per heavy atom. The monoisotopic (exact) mass is 410 g/mol. The molecular weight excluding hydrogens is 367 g/mol. The molecule has 0 fully saturated rings. The third-order valence-corrected chi connectivity index (χ3v) is 5.07. The first-order valence-corrected chi connectivity index (χ1v) is 11.8. The lowest BCUT2D eigenvalue weighted by Gasteiger charge is -2.40. The highest BCUT2D eigenvalue weighted by molar-refractivity contribution is 5.22. The molecule has 0 radical (unpaired) electrons. The molecule has 0 bridgehead atoms. The van der Waals surface area contributed by atoms with E-state index in [9.17, 15) is 4.39 Å². The molecule has 0 aliphatic heterocycles. The highest BCUT2D eigenvalue weighted by Gasteiger charge is 2.43. The lowest BCUT2D eigenvalue weighted by Crippen LogP contribution is -2.46. The molecule has 1 atom stereocenters. The quantitative estimate of drug-likeness (QED) is 0.184. The van der Waals surface area contributed by atoms with Crippen molar-refractivity contribution in [3.05, 3.63) is 35.6 Å². The van der Waals surface area contributed by atoms with Gasteiger partial charge in [-0.05, 0) is 43.4 Å². The van der Waals surface area contributed by atoms with Gasteiger partial charge in [-0.25, -0.2) is 4.39 Å². The fourth-order valence-electron chi connectivity index (χ4n) is 3.53. The van der Waals surface area contributed by atoms with Crippen LogP contribution in [-0.4, -0.2) is 25.8 Å². The summed E-state index contributed by atoms with van der Waals surface area (Å²) in [7, 11) is 0. The molecule has 0 aliphatic carbocycles. The zero-order chi connectivity index (χ0) is 21.4. The number of ether oxygens (including phenoxy) is 3. The van der Waals surface area contributed by atoms with Gasteiger partial charge in [-0.15, -0.1) is 0 Å². The molecule has 0 aromatic heterocycles. The van der Waals surface area contributed by atoms with Gasteiger partial charge in [0.15, 0.2) is 0 Å². The molecule has 0 amide bonds. The summed E-state index contributed by atoms with van der Waals surface area (Å²) in [5.41, 5.74) is 1.02. The van der Waals surface area contributed by atoms with Crippen LogP contribution in [0.3, 0.4) is 0 Å². The van der Waals surface area contributed by atoms with Crippen molar-refractivity contribution in [2.75, 3.05) is 19.8 Å². The van der Waals surface area contributed by atoms with Gasteiger partial charge in [-0.3, -0.25) is 0 Å². The summed E-state index contributed by atoms with van der Waals surface area (Å²) < 4.78 is 32.4. The average molecular weight is 411 g/mol. The van der Waals surface area contributed by atoms with Gasteiger partial charge in [0.1, 0.15) is 5.82 Å². The Kier molecular flexibility index (Phi) is 14.2. The molecule has 4 heteroatoms. The van der Waals surface area contributed by atoms with E-state index < -0.39 is 5.97 Å². The minimum Gasteiger partial charge on any atom is -0.327 e. The largest absolute Gasteiger partial charge is 0.327 e. The molecule has 0 N–H and O–H groups in total. The van der Waals surface area contributed by atoms with Crippen molar-refractivity contribution in [3.8, 4) is 0 Å². The lowest BCUT2D eigenvalue weighted by atomic mass is 9.90. The number of unbranched alkanes of at least 4 members (excludes halogenated alkanes) is 5. The molecule has 3 nitrogen and oxygen atoms in total. The Labute approximate surface area is 178 Å². The molecule has 1 rings (SSSR count). The second kappa shape index (κ2) is 15.8. The van der Waals surface area contributed by atoms with Crippen LogP contribution in [0.25, 0.3) is 0 Å². The second-order valence-electron chi connectivity index (χ2n) is 7.81. The summed E-state index contributed by atoms with van der Waals surface area (Å²) in [5, 5.41) is 0. The van der Waals surface area contributed by atoms with E-state index in [0.717, 1.165) is 37.7 Å². The van der Waals surface area contributed by atoms with E-state index in [0.29, 0.717) is 19.8 Å². The predicted molar refractivity (Wildman–Crippen MR) is 119 cm³/mol. The maximum atomic E-state index is 13.6. The Balaban J connectivity index is 3.08. The van der Waals surface area contributed by atoms with Crippen LogP contribution in [0.2, 0.25) is 0 Å². The van der Waals surface area contributed by atoms with Crippen molar-refractivity contribution in [2.45, 2.75) is 104 Å². The molecule has 29 heavy (non-hydrogen) atoms. The number of hydrogen-bond acceptors (Lipinski definition) is 3. The van der Waals surface area contributed by atoms with E-state index in [4.69, 9.17) is 14.2 Å². The van der Waals surface area contributed by atoms with Crippen molar-refractivity contribution in [1.82, 2.24) is 0 Å². The summed E-state index contributed by atoms with van der Waals surface area (Å²) in [6.45, 7) is 10.2. The zero-order valence-electron chi connectivity index (χ0n) is 19.2. The molecule has 0 spiro atoms. The van der Waals surface area contributed by atoms with Crippen LogP contribution in [0, 0.1) is 5.82 Å². The molecule has 0 saturated heterocycles. The fourth-order valence-corrected chi connectivity index (χ4v) is 3.53. The first-order valence-electron chi connectivity index (χ1n) is 11.8. The summed E-state index contributed by atoms with van der Waals surface area (Å²) in [6.07, 6.45) is 10.9. The van der Waals surface area contributed by atoms with Gasteiger partial charge in [-0.1, -0.05) is 78.4 Å². The van der Waals surface area contributed by atoms with Crippen LogP contribution in [-0.2, 0) is 14.2 Å². The Hall–Kier alpha value is -0.970. The van der Waals surface area contributed by atoms with Crippen molar-refractivity contribution >= 4 is 0 Å². The van der Waals surface area contributed by atoms with E-state index in [-0.39, 0.29) is 11.7 Å². The van der Waals surface area contributed by atoms with Crippen LogP contribution in [0.4, 0.5) is 4.39 Å². The SMILES string of the molecule is CCCCCCCCC(c1ccc(F)cc1)C(OCCC)(OCCC)OCCC. The predicted octanol–water partition coefficient (Wildman–Crippen LogP) is 7.59. The first-order chi connectivity index (χ1) is 14.1. The topological polar surface area (TPSA) is 27.7 Å². The van der Waals surface area contributed by atoms with Gasteiger partial charge < -0.3 is 14.2 Å². The van der Waals surface area contributed by atoms with Gasteiger partial charge >= 0.3 is 0 Å². The maximum Gasteiger partial charge on any atom is 0.290 e. The smallest absolute Gasteiger partial charge is 0.290 e. The summed E-state index contributed by atoms with van der Waals surface area (Å²) in [4.78, 5) is 0. The molecule has 0 aliphatic rings. The second-order valence-corrected chi connectivity index (χ2v) is 7.81. The lowest BCUT2D eigenvalue weighted by molar-refractivity contribution is -0.392. The number of rotatable bonds is 18. The van der Waals surface area contributed by atoms with E-state index in [1.54, 1.807) is 0 Å².